The predicted molar refractivity (Wildman–Crippen MR) is 73.2 cm³/mol. The summed E-state index contributed by atoms with van der Waals surface area (Å²) in [7, 11) is 2.81. The lowest BCUT2D eigenvalue weighted by Crippen LogP contribution is -2.00. The van der Waals surface area contributed by atoms with Gasteiger partial charge in [-0.25, -0.2) is 4.79 Å². The van der Waals surface area contributed by atoms with E-state index in [1.807, 2.05) is 6.92 Å². The number of esters is 1. The van der Waals surface area contributed by atoms with Crippen LogP contribution in [0.4, 0.5) is 0 Å². The summed E-state index contributed by atoms with van der Waals surface area (Å²) in [5.74, 6) is 0.727. The van der Waals surface area contributed by atoms with Crippen LogP contribution in [0.3, 0.4) is 0 Å². The molecule has 0 bridgehead atoms. The highest BCUT2D eigenvalue weighted by molar-refractivity contribution is 5.89. The first-order valence-electron chi connectivity index (χ1n) is 6.04. The molecule has 1 heterocycles. The molecule has 0 atom stereocenters. The van der Waals surface area contributed by atoms with E-state index in [1.165, 1.54) is 20.3 Å². The summed E-state index contributed by atoms with van der Waals surface area (Å²) in [5.41, 5.74) is 2.16. The number of hydrogen-bond acceptors (Lipinski definition) is 5. The van der Waals surface area contributed by atoms with Gasteiger partial charge in [0.15, 0.2) is 0 Å². The maximum atomic E-state index is 11.6. The number of hydrogen-bond donors (Lipinski definition) is 1. The smallest absolute Gasteiger partial charge is 0.374 e. The third kappa shape index (κ3) is 2.34. The third-order valence-corrected chi connectivity index (χ3v) is 3.04. The quantitative estimate of drug-likeness (QED) is 0.872. The molecule has 2 aromatic rings. The van der Waals surface area contributed by atoms with Gasteiger partial charge in [0.1, 0.15) is 17.3 Å². The average Bonchev–Trinajstić information content (AvgIpc) is 2.78. The number of furan rings is 1. The largest absolute Gasteiger partial charge is 0.508 e. The van der Waals surface area contributed by atoms with Gasteiger partial charge in [-0.3, -0.25) is 0 Å². The van der Waals surface area contributed by atoms with Gasteiger partial charge >= 0.3 is 5.97 Å². The monoisotopic (exact) mass is 276 g/mol. The summed E-state index contributed by atoms with van der Waals surface area (Å²) in [6.45, 7) is 3.59. The summed E-state index contributed by atoms with van der Waals surface area (Å²) < 4.78 is 15.5. The molecule has 0 fully saturated rings. The highest BCUT2D eigenvalue weighted by Crippen LogP contribution is 2.38. The van der Waals surface area contributed by atoms with Gasteiger partial charge < -0.3 is 19.0 Å². The molecule has 1 aromatic heterocycles. The Kier molecular flexibility index (Phi) is 3.70. The number of methoxy groups -OCH3 is 2. The van der Waals surface area contributed by atoms with Crippen LogP contribution < -0.4 is 4.74 Å². The van der Waals surface area contributed by atoms with E-state index in [0.29, 0.717) is 22.6 Å². The Morgan fingerprint density at radius 3 is 2.45 bits per heavy atom. The van der Waals surface area contributed by atoms with Crippen molar-refractivity contribution in [1.82, 2.24) is 0 Å². The fourth-order valence-electron chi connectivity index (χ4n) is 2.11. The van der Waals surface area contributed by atoms with E-state index in [9.17, 15) is 9.90 Å². The van der Waals surface area contributed by atoms with Crippen molar-refractivity contribution >= 4 is 5.97 Å². The van der Waals surface area contributed by atoms with Crippen LogP contribution in [-0.4, -0.2) is 25.3 Å². The number of ether oxygens (including phenoxy) is 2. The van der Waals surface area contributed by atoms with Crippen LogP contribution in [0.15, 0.2) is 22.6 Å². The number of phenols is 1. The van der Waals surface area contributed by atoms with Crippen molar-refractivity contribution in [2.24, 2.45) is 0 Å². The van der Waals surface area contributed by atoms with Gasteiger partial charge in [-0.1, -0.05) is 0 Å². The molecule has 5 nitrogen and oxygen atoms in total. The zero-order valence-corrected chi connectivity index (χ0v) is 11.8. The van der Waals surface area contributed by atoms with Crippen LogP contribution in [-0.2, 0) is 4.74 Å². The molecule has 1 N–H and O–H groups in total. The Bertz CT molecular complexity index is 655. The Hall–Kier alpha value is -2.43. The van der Waals surface area contributed by atoms with E-state index in [2.05, 4.69) is 4.74 Å². The Morgan fingerprint density at radius 2 is 1.85 bits per heavy atom. The molecule has 20 heavy (non-hydrogen) atoms. The van der Waals surface area contributed by atoms with Gasteiger partial charge in [0, 0.05) is 11.6 Å². The lowest BCUT2D eigenvalue weighted by molar-refractivity contribution is 0.0565. The molecule has 0 aliphatic carbocycles. The number of aromatic hydroxyl groups is 1. The van der Waals surface area contributed by atoms with Gasteiger partial charge in [-0.2, -0.15) is 0 Å². The molecular formula is C15H16O5. The van der Waals surface area contributed by atoms with Crippen molar-refractivity contribution in [2.75, 3.05) is 14.2 Å². The normalized spacial score (nSPS) is 10.4. The first kappa shape index (κ1) is 14.0. The van der Waals surface area contributed by atoms with Crippen LogP contribution in [0.1, 0.15) is 21.7 Å². The summed E-state index contributed by atoms with van der Waals surface area (Å²) in [6.07, 6.45) is 0. The minimum atomic E-state index is -0.524. The maximum absolute atomic E-state index is 11.6. The number of benzene rings is 1. The Balaban J connectivity index is 2.60. The number of aryl methyl sites for hydroxylation is 2. The second-order valence-corrected chi connectivity index (χ2v) is 4.45. The minimum Gasteiger partial charge on any atom is -0.508 e. The first-order valence-corrected chi connectivity index (χ1v) is 6.04. The number of carbonyl (C=O) groups excluding carboxylic acids is 1. The van der Waals surface area contributed by atoms with Crippen molar-refractivity contribution in [2.45, 2.75) is 13.8 Å². The Morgan fingerprint density at radius 1 is 1.15 bits per heavy atom. The summed E-state index contributed by atoms with van der Waals surface area (Å²) in [6, 6.07) is 4.85. The highest BCUT2D eigenvalue weighted by atomic mass is 16.5. The van der Waals surface area contributed by atoms with Crippen molar-refractivity contribution in [3.63, 3.8) is 0 Å². The zero-order valence-electron chi connectivity index (χ0n) is 11.8. The van der Waals surface area contributed by atoms with Gasteiger partial charge in [0.25, 0.3) is 0 Å². The molecule has 0 spiro atoms. The molecule has 2 rings (SSSR count). The van der Waals surface area contributed by atoms with Crippen molar-refractivity contribution in [3.05, 3.63) is 35.1 Å². The van der Waals surface area contributed by atoms with E-state index in [-0.39, 0.29) is 11.5 Å². The summed E-state index contributed by atoms with van der Waals surface area (Å²) in [4.78, 5) is 11.6. The fraction of sp³-hybridized carbons (Fsp3) is 0.267. The topological polar surface area (TPSA) is 68.9 Å². The van der Waals surface area contributed by atoms with E-state index >= 15 is 0 Å². The number of rotatable bonds is 3. The molecule has 0 radical (unpaired) electrons. The molecule has 1 aromatic carbocycles. The van der Waals surface area contributed by atoms with Crippen LogP contribution in [0.5, 0.6) is 11.5 Å². The van der Waals surface area contributed by atoms with Gasteiger partial charge in [-0.15, -0.1) is 0 Å². The number of carbonyl (C=O) groups is 1. The van der Waals surface area contributed by atoms with Crippen LogP contribution in [0.2, 0.25) is 0 Å². The van der Waals surface area contributed by atoms with Crippen LogP contribution in [0.25, 0.3) is 11.3 Å². The molecule has 0 aliphatic heterocycles. The highest BCUT2D eigenvalue weighted by Gasteiger charge is 2.20. The van der Waals surface area contributed by atoms with E-state index in [4.69, 9.17) is 9.15 Å². The summed E-state index contributed by atoms with van der Waals surface area (Å²) in [5, 5.41) is 9.60. The van der Waals surface area contributed by atoms with Gasteiger partial charge in [0.2, 0.25) is 5.76 Å². The van der Waals surface area contributed by atoms with Crippen LogP contribution in [0, 0.1) is 13.8 Å². The standard InChI is InChI=1S/C15H16O5/c1-8-5-10(16)7-11(18-3)13(8)12-6-9(2)14(20-12)15(17)19-4/h5-7,16H,1-4H3. The maximum Gasteiger partial charge on any atom is 0.374 e. The van der Waals surface area contributed by atoms with E-state index in [1.54, 1.807) is 19.1 Å². The minimum absolute atomic E-state index is 0.111. The van der Waals surface area contributed by atoms with Gasteiger partial charge in [0.05, 0.1) is 19.8 Å². The predicted octanol–water partition coefficient (Wildman–Crippen LogP) is 3.06. The zero-order chi connectivity index (χ0) is 14.9. The summed E-state index contributed by atoms with van der Waals surface area (Å²) >= 11 is 0. The van der Waals surface area contributed by atoms with E-state index < -0.39 is 5.97 Å². The lowest BCUT2D eigenvalue weighted by Gasteiger charge is -2.10. The molecule has 0 aliphatic rings. The van der Waals surface area contributed by atoms with Crippen molar-refractivity contribution in [3.8, 4) is 22.8 Å². The first-order chi connectivity index (χ1) is 9.47. The lowest BCUT2D eigenvalue weighted by atomic mass is 10.0. The SMILES string of the molecule is COC(=O)c1oc(-c2c(C)cc(O)cc2OC)cc1C. The molecule has 0 saturated heterocycles. The second kappa shape index (κ2) is 5.28. The molecule has 5 heteroatoms. The molecule has 0 unspecified atom stereocenters. The molecular weight excluding hydrogens is 260 g/mol. The second-order valence-electron chi connectivity index (χ2n) is 4.45. The average molecular weight is 276 g/mol. The van der Waals surface area contributed by atoms with Gasteiger partial charge in [-0.05, 0) is 31.5 Å². The van der Waals surface area contributed by atoms with E-state index in [0.717, 1.165) is 5.56 Å². The molecule has 0 amide bonds. The third-order valence-electron chi connectivity index (χ3n) is 3.04. The van der Waals surface area contributed by atoms with Crippen molar-refractivity contribution < 1.29 is 23.8 Å². The fourth-order valence-corrected chi connectivity index (χ4v) is 2.11. The van der Waals surface area contributed by atoms with Crippen LogP contribution >= 0.6 is 0 Å². The number of phenolic OH excluding ortho intramolecular Hbond substituents is 1. The molecule has 106 valence electrons. The Labute approximate surface area is 116 Å². The van der Waals surface area contributed by atoms with Crippen molar-refractivity contribution in [1.29, 1.82) is 0 Å². The molecule has 0 saturated carbocycles.